The predicted octanol–water partition coefficient (Wildman–Crippen LogP) is 2.84. The Labute approximate surface area is 128 Å². The van der Waals surface area contributed by atoms with E-state index < -0.39 is 0 Å². The minimum absolute atomic E-state index is 0.246. The number of benzene rings is 1. The third kappa shape index (κ3) is 3.89. The van der Waals surface area contributed by atoms with Gasteiger partial charge in [0, 0.05) is 23.7 Å². The van der Waals surface area contributed by atoms with Crippen molar-refractivity contribution >= 4 is 0 Å². The van der Waals surface area contributed by atoms with Crippen LogP contribution in [-0.4, -0.2) is 44.8 Å². The fraction of sp³-hybridized carbons (Fsp3) is 0.647. The van der Waals surface area contributed by atoms with Crippen molar-refractivity contribution in [3.8, 4) is 11.5 Å². The molecule has 4 nitrogen and oxygen atoms in total. The van der Waals surface area contributed by atoms with E-state index in [0.29, 0.717) is 12.1 Å². The van der Waals surface area contributed by atoms with Crippen molar-refractivity contribution in [2.24, 2.45) is 0 Å². The maximum absolute atomic E-state index is 5.49. The summed E-state index contributed by atoms with van der Waals surface area (Å²) in [4.78, 5) is 2.43. The first-order chi connectivity index (χ1) is 10.0. The van der Waals surface area contributed by atoms with Crippen LogP contribution in [0.15, 0.2) is 18.2 Å². The van der Waals surface area contributed by atoms with E-state index in [1.165, 1.54) is 12.8 Å². The Bertz CT molecular complexity index is 464. The number of hydrogen-bond donors (Lipinski definition) is 1. The second kappa shape index (κ2) is 7.14. The number of likely N-dealkylation sites (tertiary alicyclic amines) is 1. The maximum Gasteiger partial charge on any atom is 0.123 e. The first-order valence-corrected chi connectivity index (χ1v) is 7.73. The normalized spacial score (nSPS) is 24.6. The largest absolute Gasteiger partial charge is 0.497 e. The second-order valence-electron chi connectivity index (χ2n) is 6.05. The number of nitrogens with one attached hydrogen (secondary N) is 1. The first kappa shape index (κ1) is 16.1. The molecular formula is C17H28N2O2. The number of rotatable bonds is 5. The van der Waals surface area contributed by atoms with Crippen molar-refractivity contribution in [3.63, 3.8) is 0 Å². The SMILES string of the molecule is COc1ccc(OC)c(C(C)NC2CCN(C)C(C)C2)c1. The standard InChI is InChI=1S/C17H28N2O2/c1-12-10-14(8-9-19(12)3)18-13(2)16-11-15(20-4)6-7-17(16)21-5/h6-7,11-14,18H,8-10H2,1-5H3. The highest BCUT2D eigenvalue weighted by Gasteiger charge is 2.24. The molecule has 4 heteroatoms. The van der Waals surface area contributed by atoms with Gasteiger partial charge < -0.3 is 19.7 Å². The summed E-state index contributed by atoms with van der Waals surface area (Å²) in [7, 11) is 5.62. The minimum atomic E-state index is 0.246. The number of nitrogens with zero attached hydrogens (tertiary/aromatic N) is 1. The Hall–Kier alpha value is -1.26. The molecule has 1 saturated heterocycles. The molecule has 3 unspecified atom stereocenters. The zero-order valence-corrected chi connectivity index (χ0v) is 13.8. The van der Waals surface area contributed by atoms with Gasteiger partial charge in [0.1, 0.15) is 11.5 Å². The minimum Gasteiger partial charge on any atom is -0.497 e. The van der Waals surface area contributed by atoms with Crippen LogP contribution in [0, 0.1) is 0 Å². The highest BCUT2D eigenvalue weighted by atomic mass is 16.5. The molecule has 3 atom stereocenters. The summed E-state index contributed by atoms with van der Waals surface area (Å²) >= 11 is 0. The number of hydrogen-bond acceptors (Lipinski definition) is 4. The van der Waals surface area contributed by atoms with E-state index in [1.807, 2.05) is 12.1 Å². The Morgan fingerprint density at radius 1 is 1.29 bits per heavy atom. The van der Waals surface area contributed by atoms with E-state index in [1.54, 1.807) is 14.2 Å². The molecule has 0 saturated carbocycles. The van der Waals surface area contributed by atoms with Gasteiger partial charge in [0.25, 0.3) is 0 Å². The Morgan fingerprint density at radius 3 is 2.67 bits per heavy atom. The van der Waals surface area contributed by atoms with E-state index in [0.717, 1.165) is 23.6 Å². The van der Waals surface area contributed by atoms with Crippen LogP contribution in [0.2, 0.25) is 0 Å². The Kier molecular flexibility index (Phi) is 5.48. The molecule has 1 aliphatic rings. The lowest BCUT2D eigenvalue weighted by Crippen LogP contribution is -2.46. The Balaban J connectivity index is 2.07. The number of ether oxygens (including phenoxy) is 2. The van der Waals surface area contributed by atoms with Gasteiger partial charge in [0.15, 0.2) is 0 Å². The Morgan fingerprint density at radius 2 is 2.05 bits per heavy atom. The molecule has 1 heterocycles. The van der Waals surface area contributed by atoms with Crippen molar-refractivity contribution in [1.82, 2.24) is 10.2 Å². The van der Waals surface area contributed by atoms with E-state index in [9.17, 15) is 0 Å². The van der Waals surface area contributed by atoms with Crippen molar-refractivity contribution in [2.75, 3.05) is 27.8 Å². The lowest BCUT2D eigenvalue weighted by atomic mass is 9.97. The zero-order chi connectivity index (χ0) is 15.4. The van der Waals surface area contributed by atoms with Crippen LogP contribution in [0.4, 0.5) is 0 Å². The highest BCUT2D eigenvalue weighted by Crippen LogP contribution is 2.30. The molecule has 1 aliphatic heterocycles. The summed E-state index contributed by atoms with van der Waals surface area (Å²) in [6.45, 7) is 5.64. The van der Waals surface area contributed by atoms with Crippen LogP contribution in [-0.2, 0) is 0 Å². The summed E-state index contributed by atoms with van der Waals surface area (Å²) in [5, 5.41) is 3.75. The highest BCUT2D eigenvalue weighted by molar-refractivity contribution is 5.42. The van der Waals surface area contributed by atoms with Crippen molar-refractivity contribution in [3.05, 3.63) is 23.8 Å². The summed E-state index contributed by atoms with van der Waals surface area (Å²) in [5.41, 5.74) is 1.16. The van der Waals surface area contributed by atoms with Crippen LogP contribution in [0.25, 0.3) is 0 Å². The van der Waals surface area contributed by atoms with E-state index >= 15 is 0 Å². The summed E-state index contributed by atoms with van der Waals surface area (Å²) in [5.74, 6) is 1.79. The molecule has 21 heavy (non-hydrogen) atoms. The molecule has 0 bridgehead atoms. The topological polar surface area (TPSA) is 33.7 Å². The van der Waals surface area contributed by atoms with Gasteiger partial charge in [0.2, 0.25) is 0 Å². The van der Waals surface area contributed by atoms with Gasteiger partial charge in [-0.05, 0) is 58.5 Å². The number of piperidine rings is 1. The van der Waals surface area contributed by atoms with Crippen molar-refractivity contribution in [1.29, 1.82) is 0 Å². The third-order valence-electron chi connectivity index (χ3n) is 4.60. The molecule has 1 fully saturated rings. The summed E-state index contributed by atoms with van der Waals surface area (Å²) in [6, 6.07) is 7.42. The first-order valence-electron chi connectivity index (χ1n) is 7.73. The van der Waals surface area contributed by atoms with Crippen LogP contribution < -0.4 is 14.8 Å². The molecule has 118 valence electrons. The van der Waals surface area contributed by atoms with Crippen LogP contribution in [0.3, 0.4) is 0 Å². The summed E-state index contributed by atoms with van der Waals surface area (Å²) in [6.07, 6.45) is 2.38. The molecule has 1 N–H and O–H groups in total. The third-order valence-corrected chi connectivity index (χ3v) is 4.60. The van der Waals surface area contributed by atoms with Gasteiger partial charge in [-0.2, -0.15) is 0 Å². The fourth-order valence-corrected chi connectivity index (χ4v) is 3.06. The van der Waals surface area contributed by atoms with Gasteiger partial charge in [-0.3, -0.25) is 0 Å². The van der Waals surface area contributed by atoms with E-state index in [-0.39, 0.29) is 6.04 Å². The van der Waals surface area contributed by atoms with Crippen LogP contribution >= 0.6 is 0 Å². The van der Waals surface area contributed by atoms with E-state index in [2.05, 4.69) is 37.2 Å². The van der Waals surface area contributed by atoms with E-state index in [4.69, 9.17) is 9.47 Å². The smallest absolute Gasteiger partial charge is 0.123 e. The summed E-state index contributed by atoms with van der Waals surface area (Å²) < 4.78 is 10.8. The fourth-order valence-electron chi connectivity index (χ4n) is 3.06. The van der Waals surface area contributed by atoms with Gasteiger partial charge >= 0.3 is 0 Å². The molecule has 0 aromatic heterocycles. The molecule has 1 aromatic carbocycles. The predicted molar refractivity (Wildman–Crippen MR) is 86.2 cm³/mol. The van der Waals surface area contributed by atoms with Gasteiger partial charge in [0.05, 0.1) is 14.2 Å². The second-order valence-corrected chi connectivity index (χ2v) is 6.05. The molecule has 2 rings (SSSR count). The molecular weight excluding hydrogens is 264 g/mol. The van der Waals surface area contributed by atoms with Crippen LogP contribution in [0.5, 0.6) is 11.5 Å². The molecule has 1 aromatic rings. The average Bonchev–Trinajstić information content (AvgIpc) is 2.50. The quantitative estimate of drug-likeness (QED) is 0.905. The van der Waals surface area contributed by atoms with Crippen molar-refractivity contribution < 1.29 is 9.47 Å². The maximum atomic E-state index is 5.49. The lowest BCUT2D eigenvalue weighted by molar-refractivity contribution is 0.163. The van der Waals surface area contributed by atoms with Gasteiger partial charge in [-0.25, -0.2) is 0 Å². The average molecular weight is 292 g/mol. The lowest BCUT2D eigenvalue weighted by Gasteiger charge is -2.37. The van der Waals surface area contributed by atoms with Crippen LogP contribution in [0.1, 0.15) is 38.3 Å². The molecule has 0 aliphatic carbocycles. The monoisotopic (exact) mass is 292 g/mol. The van der Waals surface area contributed by atoms with Gasteiger partial charge in [-0.15, -0.1) is 0 Å². The van der Waals surface area contributed by atoms with Gasteiger partial charge in [-0.1, -0.05) is 0 Å². The zero-order valence-electron chi connectivity index (χ0n) is 13.8. The van der Waals surface area contributed by atoms with Crippen molar-refractivity contribution in [2.45, 2.75) is 44.8 Å². The molecule has 0 radical (unpaired) electrons. The number of methoxy groups -OCH3 is 2. The molecule has 0 spiro atoms. The molecule has 0 amide bonds.